The molecule has 1 heterocycles. The topological polar surface area (TPSA) is 83.5 Å². The van der Waals surface area contributed by atoms with Gasteiger partial charge >= 0.3 is 0 Å². The molecule has 0 bridgehead atoms. The quantitative estimate of drug-likeness (QED) is 0.794. The normalized spacial score (nSPS) is 16.0. The first-order valence-corrected chi connectivity index (χ1v) is 11.9. The molecule has 2 aromatic rings. The summed E-state index contributed by atoms with van der Waals surface area (Å²) in [7, 11) is -7.39. The van der Waals surface area contributed by atoms with Gasteiger partial charge in [0.2, 0.25) is 10.0 Å². The molecule has 1 aliphatic heterocycles. The molecule has 0 amide bonds. The summed E-state index contributed by atoms with van der Waals surface area (Å²) in [6.07, 6.45) is 1.69. The number of benzene rings is 2. The van der Waals surface area contributed by atoms with Gasteiger partial charge in [0.15, 0.2) is 0 Å². The lowest BCUT2D eigenvalue weighted by atomic mass is 10.0. The van der Waals surface area contributed by atoms with E-state index in [1.54, 1.807) is 36.4 Å². The SMILES string of the molecule is CC(C)c1ccc(S(=O)(=O)Nc2cccc(S(=O)(=O)N3CCCC3)c2)cc1. The fraction of sp³-hybridized carbons (Fsp3) is 0.368. The molecule has 1 saturated heterocycles. The molecule has 1 aliphatic rings. The Bertz CT molecular complexity index is 1010. The van der Waals surface area contributed by atoms with Gasteiger partial charge in [0, 0.05) is 13.1 Å². The standard InChI is InChI=1S/C19H24N2O4S2/c1-15(2)16-8-10-18(11-9-16)26(22,23)20-17-6-5-7-19(14-17)27(24,25)21-12-3-4-13-21/h5-11,14-15,20H,3-4,12-13H2,1-2H3. The third-order valence-corrected chi connectivity index (χ3v) is 7.94. The summed E-state index contributed by atoms with van der Waals surface area (Å²) in [5.41, 5.74) is 1.27. The minimum atomic E-state index is -3.80. The predicted molar refractivity (Wildman–Crippen MR) is 106 cm³/mol. The van der Waals surface area contributed by atoms with Crippen molar-refractivity contribution in [3.05, 3.63) is 54.1 Å². The van der Waals surface area contributed by atoms with Gasteiger partial charge in [-0.05, 0) is 54.7 Å². The van der Waals surface area contributed by atoms with E-state index in [0.717, 1.165) is 18.4 Å². The summed E-state index contributed by atoms with van der Waals surface area (Å²) in [6, 6.07) is 12.6. The van der Waals surface area contributed by atoms with Crippen LogP contribution in [0.5, 0.6) is 0 Å². The lowest BCUT2D eigenvalue weighted by Gasteiger charge is -2.16. The maximum Gasteiger partial charge on any atom is 0.261 e. The molecule has 0 aromatic heterocycles. The highest BCUT2D eigenvalue weighted by molar-refractivity contribution is 7.92. The Labute approximate surface area is 161 Å². The molecule has 27 heavy (non-hydrogen) atoms. The van der Waals surface area contributed by atoms with Gasteiger partial charge in [-0.2, -0.15) is 4.31 Å². The van der Waals surface area contributed by atoms with Crippen LogP contribution in [0.15, 0.2) is 58.3 Å². The molecule has 1 N–H and O–H groups in total. The van der Waals surface area contributed by atoms with Crippen LogP contribution in [0.2, 0.25) is 0 Å². The maximum absolute atomic E-state index is 12.7. The van der Waals surface area contributed by atoms with Crippen molar-refractivity contribution in [2.75, 3.05) is 17.8 Å². The van der Waals surface area contributed by atoms with Crippen LogP contribution in [0.1, 0.15) is 38.2 Å². The second kappa shape index (κ2) is 7.61. The number of rotatable bonds is 6. The largest absolute Gasteiger partial charge is 0.280 e. The molecule has 8 heteroatoms. The summed E-state index contributed by atoms with van der Waals surface area (Å²) in [5, 5.41) is 0. The van der Waals surface area contributed by atoms with E-state index in [-0.39, 0.29) is 15.5 Å². The fourth-order valence-electron chi connectivity index (χ4n) is 3.04. The van der Waals surface area contributed by atoms with Crippen LogP contribution in [0, 0.1) is 0 Å². The summed E-state index contributed by atoms with van der Waals surface area (Å²) in [5.74, 6) is 0.308. The van der Waals surface area contributed by atoms with Crippen molar-refractivity contribution >= 4 is 25.7 Å². The Morgan fingerprint density at radius 2 is 1.52 bits per heavy atom. The number of anilines is 1. The molecule has 2 aromatic carbocycles. The lowest BCUT2D eigenvalue weighted by molar-refractivity contribution is 0.477. The molecule has 146 valence electrons. The summed E-state index contributed by atoms with van der Waals surface area (Å²) < 4.78 is 54.5. The smallest absolute Gasteiger partial charge is 0.261 e. The van der Waals surface area contributed by atoms with Gasteiger partial charge in [-0.15, -0.1) is 0 Å². The predicted octanol–water partition coefficient (Wildman–Crippen LogP) is 3.40. The van der Waals surface area contributed by atoms with Crippen LogP contribution in [-0.4, -0.2) is 34.2 Å². The Hall–Kier alpha value is -1.90. The van der Waals surface area contributed by atoms with Gasteiger partial charge in [-0.3, -0.25) is 4.72 Å². The van der Waals surface area contributed by atoms with Gasteiger partial charge in [-0.25, -0.2) is 16.8 Å². The number of hydrogen-bond donors (Lipinski definition) is 1. The van der Waals surface area contributed by atoms with Crippen LogP contribution >= 0.6 is 0 Å². The number of nitrogens with zero attached hydrogens (tertiary/aromatic N) is 1. The van der Waals surface area contributed by atoms with Crippen molar-refractivity contribution < 1.29 is 16.8 Å². The number of sulfonamides is 2. The first-order valence-electron chi connectivity index (χ1n) is 8.93. The molecule has 0 aliphatic carbocycles. The van der Waals surface area contributed by atoms with E-state index >= 15 is 0 Å². The van der Waals surface area contributed by atoms with Crippen molar-refractivity contribution in [3.63, 3.8) is 0 Å². The van der Waals surface area contributed by atoms with E-state index in [2.05, 4.69) is 4.72 Å². The van der Waals surface area contributed by atoms with Crippen molar-refractivity contribution in [3.8, 4) is 0 Å². The zero-order chi connectivity index (χ0) is 19.7. The van der Waals surface area contributed by atoms with E-state index < -0.39 is 20.0 Å². The van der Waals surface area contributed by atoms with Crippen molar-refractivity contribution in [1.82, 2.24) is 4.31 Å². The third-order valence-electron chi connectivity index (χ3n) is 4.65. The molecule has 0 spiro atoms. The molecule has 0 saturated carbocycles. The molecular formula is C19H24N2O4S2. The Kier molecular flexibility index (Phi) is 5.60. The molecular weight excluding hydrogens is 384 g/mol. The highest BCUT2D eigenvalue weighted by atomic mass is 32.2. The lowest BCUT2D eigenvalue weighted by Crippen LogP contribution is -2.27. The average molecular weight is 409 g/mol. The highest BCUT2D eigenvalue weighted by Crippen LogP contribution is 2.25. The van der Waals surface area contributed by atoms with Crippen molar-refractivity contribution in [2.45, 2.75) is 42.4 Å². The Morgan fingerprint density at radius 3 is 2.11 bits per heavy atom. The minimum absolute atomic E-state index is 0.0970. The average Bonchev–Trinajstić information content (AvgIpc) is 3.17. The monoisotopic (exact) mass is 408 g/mol. The molecule has 1 fully saturated rings. The van der Waals surface area contributed by atoms with Gasteiger partial charge in [0.05, 0.1) is 15.5 Å². The van der Waals surface area contributed by atoms with E-state index in [0.29, 0.717) is 19.0 Å². The first kappa shape index (κ1) is 19.9. The molecule has 6 nitrogen and oxygen atoms in total. The molecule has 0 radical (unpaired) electrons. The molecule has 0 atom stereocenters. The second-order valence-electron chi connectivity index (χ2n) is 6.97. The number of hydrogen-bond acceptors (Lipinski definition) is 4. The van der Waals surface area contributed by atoms with Crippen LogP contribution < -0.4 is 4.72 Å². The first-order chi connectivity index (χ1) is 12.7. The van der Waals surface area contributed by atoms with Crippen LogP contribution in [0.4, 0.5) is 5.69 Å². The Morgan fingerprint density at radius 1 is 0.889 bits per heavy atom. The van der Waals surface area contributed by atoms with E-state index in [1.165, 1.54) is 16.4 Å². The van der Waals surface area contributed by atoms with Gasteiger partial charge in [0.25, 0.3) is 10.0 Å². The zero-order valence-electron chi connectivity index (χ0n) is 15.4. The highest BCUT2D eigenvalue weighted by Gasteiger charge is 2.27. The summed E-state index contributed by atoms with van der Waals surface area (Å²) in [4.78, 5) is 0.236. The zero-order valence-corrected chi connectivity index (χ0v) is 17.1. The van der Waals surface area contributed by atoms with Crippen LogP contribution in [0.25, 0.3) is 0 Å². The van der Waals surface area contributed by atoms with Gasteiger partial charge < -0.3 is 0 Å². The summed E-state index contributed by atoms with van der Waals surface area (Å²) in [6.45, 7) is 5.07. The van der Waals surface area contributed by atoms with E-state index in [9.17, 15) is 16.8 Å². The Balaban J connectivity index is 1.85. The minimum Gasteiger partial charge on any atom is -0.280 e. The van der Waals surface area contributed by atoms with Gasteiger partial charge in [0.1, 0.15) is 0 Å². The number of nitrogens with one attached hydrogen (secondary N) is 1. The van der Waals surface area contributed by atoms with E-state index in [4.69, 9.17) is 0 Å². The van der Waals surface area contributed by atoms with Crippen LogP contribution in [0.3, 0.4) is 0 Å². The third kappa shape index (κ3) is 4.34. The second-order valence-corrected chi connectivity index (χ2v) is 10.6. The van der Waals surface area contributed by atoms with E-state index in [1.807, 2.05) is 13.8 Å². The van der Waals surface area contributed by atoms with Gasteiger partial charge in [-0.1, -0.05) is 32.0 Å². The maximum atomic E-state index is 12.7. The van der Waals surface area contributed by atoms with Crippen LogP contribution in [-0.2, 0) is 20.0 Å². The summed E-state index contributed by atoms with van der Waals surface area (Å²) >= 11 is 0. The van der Waals surface area contributed by atoms with Crippen molar-refractivity contribution in [1.29, 1.82) is 0 Å². The fourth-order valence-corrected chi connectivity index (χ4v) is 5.66. The molecule has 0 unspecified atom stereocenters. The van der Waals surface area contributed by atoms with Crippen molar-refractivity contribution in [2.24, 2.45) is 0 Å². The molecule has 3 rings (SSSR count).